The van der Waals surface area contributed by atoms with Gasteiger partial charge in [0.25, 0.3) is 0 Å². The van der Waals surface area contributed by atoms with E-state index in [0.717, 1.165) is 18.9 Å². The van der Waals surface area contributed by atoms with Gasteiger partial charge in [0, 0.05) is 13.5 Å². The van der Waals surface area contributed by atoms with Crippen molar-refractivity contribution in [1.29, 1.82) is 0 Å². The van der Waals surface area contributed by atoms with Crippen molar-refractivity contribution < 1.29 is 13.5 Å². The lowest BCUT2D eigenvalue weighted by molar-refractivity contribution is 0.0940. The van der Waals surface area contributed by atoms with Crippen LogP contribution in [0.15, 0.2) is 18.2 Å². The second-order valence-electron chi connectivity index (χ2n) is 3.56. The molecule has 0 saturated carbocycles. The molecule has 1 atom stereocenters. The Hall–Kier alpha value is -0.960. The number of benzene rings is 1. The van der Waals surface area contributed by atoms with Gasteiger partial charge in [-0.15, -0.1) is 0 Å². The third kappa shape index (κ3) is 3.27. The van der Waals surface area contributed by atoms with Crippen LogP contribution >= 0.6 is 0 Å². The largest absolute Gasteiger partial charge is 0.381 e. The summed E-state index contributed by atoms with van der Waals surface area (Å²) in [4.78, 5) is 0. The Balaban J connectivity index is 2.74. The van der Waals surface area contributed by atoms with Gasteiger partial charge in [0.05, 0.1) is 6.10 Å². The van der Waals surface area contributed by atoms with Crippen molar-refractivity contribution in [3.63, 3.8) is 0 Å². The molecule has 0 N–H and O–H groups in total. The molecule has 0 spiro atoms. The van der Waals surface area contributed by atoms with E-state index in [2.05, 4.69) is 0 Å². The smallest absolute Gasteiger partial charge is 0.162 e. The molecule has 0 heterocycles. The lowest BCUT2D eigenvalue weighted by Crippen LogP contribution is -2.14. The summed E-state index contributed by atoms with van der Waals surface area (Å²) in [6.45, 7) is 2.04. The van der Waals surface area contributed by atoms with Gasteiger partial charge in [-0.3, -0.25) is 0 Å². The topological polar surface area (TPSA) is 9.23 Å². The van der Waals surface area contributed by atoms with Crippen molar-refractivity contribution in [2.75, 3.05) is 7.11 Å². The molecule has 1 nitrogen and oxygen atoms in total. The monoisotopic (exact) mass is 214 g/mol. The van der Waals surface area contributed by atoms with E-state index in [4.69, 9.17) is 4.74 Å². The van der Waals surface area contributed by atoms with Gasteiger partial charge in [0.1, 0.15) is 0 Å². The summed E-state index contributed by atoms with van der Waals surface area (Å²) < 4.78 is 31.4. The van der Waals surface area contributed by atoms with Gasteiger partial charge in [-0.1, -0.05) is 25.5 Å². The van der Waals surface area contributed by atoms with Crippen molar-refractivity contribution in [2.45, 2.75) is 32.3 Å². The first-order valence-corrected chi connectivity index (χ1v) is 5.14. The van der Waals surface area contributed by atoms with Crippen LogP contribution in [0.25, 0.3) is 0 Å². The minimum absolute atomic E-state index is 0.0358. The first-order valence-electron chi connectivity index (χ1n) is 5.14. The van der Waals surface area contributed by atoms with E-state index in [1.54, 1.807) is 13.2 Å². The maximum Gasteiger partial charge on any atom is 0.162 e. The SMILES string of the molecule is CCCC(Cc1cccc(F)c1F)OC. The highest BCUT2D eigenvalue weighted by atomic mass is 19.2. The van der Waals surface area contributed by atoms with Crippen LogP contribution in [0.3, 0.4) is 0 Å². The molecule has 0 aromatic heterocycles. The molecule has 1 rings (SSSR count). The Morgan fingerprint density at radius 3 is 2.67 bits per heavy atom. The standard InChI is InChI=1S/C12H16F2O/c1-3-5-10(15-2)8-9-6-4-7-11(13)12(9)14/h4,6-7,10H,3,5,8H2,1-2H3. The van der Waals surface area contributed by atoms with Crippen molar-refractivity contribution in [2.24, 2.45) is 0 Å². The van der Waals surface area contributed by atoms with Gasteiger partial charge in [-0.2, -0.15) is 0 Å². The van der Waals surface area contributed by atoms with E-state index in [1.807, 2.05) is 6.92 Å². The summed E-state index contributed by atoms with van der Waals surface area (Å²) in [6.07, 6.45) is 2.21. The zero-order valence-electron chi connectivity index (χ0n) is 9.09. The zero-order valence-corrected chi connectivity index (χ0v) is 9.09. The van der Waals surface area contributed by atoms with Crippen LogP contribution in [-0.2, 0) is 11.2 Å². The Kier molecular flexibility index (Phi) is 4.69. The lowest BCUT2D eigenvalue weighted by atomic mass is 10.0. The number of ether oxygens (including phenoxy) is 1. The molecule has 0 bridgehead atoms. The number of rotatable bonds is 5. The maximum atomic E-state index is 13.3. The predicted octanol–water partition coefficient (Wildman–Crippen LogP) is 3.32. The van der Waals surface area contributed by atoms with Crippen LogP contribution < -0.4 is 0 Å². The fourth-order valence-electron chi connectivity index (χ4n) is 1.58. The fourth-order valence-corrected chi connectivity index (χ4v) is 1.58. The second kappa shape index (κ2) is 5.81. The highest BCUT2D eigenvalue weighted by molar-refractivity contribution is 5.19. The quantitative estimate of drug-likeness (QED) is 0.730. The van der Waals surface area contributed by atoms with Gasteiger partial charge in [0.15, 0.2) is 11.6 Å². The molecule has 1 unspecified atom stereocenters. The van der Waals surface area contributed by atoms with Gasteiger partial charge >= 0.3 is 0 Å². The molecule has 1 aromatic rings. The van der Waals surface area contributed by atoms with Crippen molar-refractivity contribution in [3.05, 3.63) is 35.4 Å². The Morgan fingerprint density at radius 1 is 1.33 bits per heavy atom. The molecule has 84 valence electrons. The molecule has 0 amide bonds. The summed E-state index contributed by atoms with van der Waals surface area (Å²) in [5, 5.41) is 0. The van der Waals surface area contributed by atoms with Gasteiger partial charge < -0.3 is 4.74 Å². The highest BCUT2D eigenvalue weighted by Crippen LogP contribution is 2.16. The van der Waals surface area contributed by atoms with Crippen molar-refractivity contribution in [1.82, 2.24) is 0 Å². The molecular weight excluding hydrogens is 198 g/mol. The Bertz CT molecular complexity index is 312. The van der Waals surface area contributed by atoms with Crippen LogP contribution in [-0.4, -0.2) is 13.2 Å². The van der Waals surface area contributed by atoms with Crippen LogP contribution in [0.5, 0.6) is 0 Å². The molecule has 0 saturated heterocycles. The summed E-state index contributed by atoms with van der Waals surface area (Å²) in [5.41, 5.74) is 0.385. The lowest BCUT2D eigenvalue weighted by Gasteiger charge is -2.14. The normalized spacial score (nSPS) is 12.8. The molecule has 0 aliphatic rings. The van der Waals surface area contributed by atoms with E-state index in [-0.39, 0.29) is 6.10 Å². The van der Waals surface area contributed by atoms with Crippen LogP contribution in [0, 0.1) is 11.6 Å². The third-order valence-corrected chi connectivity index (χ3v) is 2.42. The van der Waals surface area contributed by atoms with Gasteiger partial charge in [0.2, 0.25) is 0 Å². The Labute approximate surface area is 89.1 Å². The number of methoxy groups -OCH3 is 1. The Morgan fingerprint density at radius 2 is 2.07 bits per heavy atom. The van der Waals surface area contributed by atoms with Crippen molar-refractivity contribution >= 4 is 0 Å². The fraction of sp³-hybridized carbons (Fsp3) is 0.500. The van der Waals surface area contributed by atoms with E-state index >= 15 is 0 Å². The second-order valence-corrected chi connectivity index (χ2v) is 3.56. The van der Waals surface area contributed by atoms with Crippen LogP contribution in [0.2, 0.25) is 0 Å². The number of halogens is 2. The molecule has 0 aliphatic heterocycles. The minimum atomic E-state index is -0.793. The first kappa shape index (κ1) is 12.1. The summed E-state index contributed by atoms with van der Waals surface area (Å²) >= 11 is 0. The molecular formula is C12H16F2O. The zero-order chi connectivity index (χ0) is 11.3. The van der Waals surface area contributed by atoms with E-state index in [9.17, 15) is 8.78 Å². The molecule has 0 fully saturated rings. The summed E-state index contributed by atoms with van der Waals surface area (Å²) in [7, 11) is 1.59. The molecule has 1 aromatic carbocycles. The number of hydrogen-bond donors (Lipinski definition) is 0. The van der Waals surface area contributed by atoms with Gasteiger partial charge in [-0.25, -0.2) is 8.78 Å². The molecule has 0 aliphatic carbocycles. The maximum absolute atomic E-state index is 13.3. The molecule has 3 heteroatoms. The van der Waals surface area contributed by atoms with Crippen LogP contribution in [0.1, 0.15) is 25.3 Å². The molecule has 0 radical (unpaired) electrons. The van der Waals surface area contributed by atoms with E-state index in [0.29, 0.717) is 12.0 Å². The average Bonchev–Trinajstić information content (AvgIpc) is 2.24. The third-order valence-electron chi connectivity index (χ3n) is 2.42. The average molecular weight is 214 g/mol. The van der Waals surface area contributed by atoms with Gasteiger partial charge in [-0.05, 0) is 18.1 Å². The first-order chi connectivity index (χ1) is 7.19. The van der Waals surface area contributed by atoms with E-state index in [1.165, 1.54) is 6.07 Å². The predicted molar refractivity (Wildman–Crippen MR) is 55.8 cm³/mol. The summed E-state index contributed by atoms with van der Waals surface area (Å²) in [5.74, 6) is -1.55. The minimum Gasteiger partial charge on any atom is -0.381 e. The highest BCUT2D eigenvalue weighted by Gasteiger charge is 2.13. The summed E-state index contributed by atoms with van der Waals surface area (Å²) in [6, 6.07) is 4.24. The molecule has 15 heavy (non-hydrogen) atoms. The van der Waals surface area contributed by atoms with E-state index < -0.39 is 11.6 Å². The number of hydrogen-bond acceptors (Lipinski definition) is 1. The van der Waals surface area contributed by atoms with Crippen molar-refractivity contribution in [3.8, 4) is 0 Å². The van der Waals surface area contributed by atoms with Crippen LogP contribution in [0.4, 0.5) is 8.78 Å².